The van der Waals surface area contributed by atoms with Crippen molar-refractivity contribution in [1.82, 2.24) is 4.98 Å². The van der Waals surface area contributed by atoms with Crippen LogP contribution in [-0.2, 0) is 16.0 Å². The second-order valence-electron chi connectivity index (χ2n) is 3.92. The number of pyridine rings is 1. The van der Waals surface area contributed by atoms with E-state index in [1.807, 2.05) is 17.5 Å². The number of hydrogen-bond donors (Lipinski definition) is 1. The molecule has 0 fully saturated rings. The molecule has 1 N–H and O–H groups in total. The van der Waals surface area contributed by atoms with E-state index in [9.17, 15) is 9.59 Å². The van der Waals surface area contributed by atoms with Gasteiger partial charge in [-0.3, -0.25) is 4.79 Å². The zero-order chi connectivity index (χ0) is 14.4. The van der Waals surface area contributed by atoms with Gasteiger partial charge in [0.1, 0.15) is 11.4 Å². The second-order valence-corrected chi connectivity index (χ2v) is 4.96. The Morgan fingerprint density at radius 3 is 2.90 bits per heavy atom. The lowest BCUT2D eigenvalue weighted by Gasteiger charge is -2.08. The Morgan fingerprint density at radius 2 is 2.20 bits per heavy atom. The van der Waals surface area contributed by atoms with Crippen molar-refractivity contribution in [2.45, 2.75) is 13.3 Å². The van der Waals surface area contributed by atoms with Crippen LogP contribution in [-0.4, -0.2) is 23.5 Å². The average Bonchev–Trinajstić information content (AvgIpc) is 2.92. The molecule has 2 heterocycles. The van der Waals surface area contributed by atoms with Crippen LogP contribution in [0, 0.1) is 0 Å². The number of nitrogens with one attached hydrogen (secondary N) is 1. The molecule has 0 aromatic carbocycles. The van der Waals surface area contributed by atoms with Crippen LogP contribution in [0.1, 0.15) is 22.2 Å². The van der Waals surface area contributed by atoms with Crippen molar-refractivity contribution in [2.24, 2.45) is 0 Å². The van der Waals surface area contributed by atoms with E-state index >= 15 is 0 Å². The molecule has 2 aromatic rings. The Bertz CT molecular complexity index is 596. The first kappa shape index (κ1) is 14.2. The summed E-state index contributed by atoms with van der Waals surface area (Å²) >= 11 is 1.51. The van der Waals surface area contributed by atoms with E-state index in [0.717, 1.165) is 4.88 Å². The molecule has 1 amide bonds. The molecule has 2 aromatic heterocycles. The van der Waals surface area contributed by atoms with Crippen LogP contribution < -0.4 is 5.32 Å². The van der Waals surface area contributed by atoms with E-state index in [1.165, 1.54) is 17.5 Å². The molecule has 0 aliphatic rings. The molecule has 0 aliphatic carbocycles. The van der Waals surface area contributed by atoms with Gasteiger partial charge in [-0.05, 0) is 30.5 Å². The number of carbonyl (C=O) groups excluding carboxylic acids is 2. The molecule has 0 bridgehead atoms. The van der Waals surface area contributed by atoms with E-state index in [-0.39, 0.29) is 30.3 Å². The van der Waals surface area contributed by atoms with Gasteiger partial charge in [-0.25, -0.2) is 9.78 Å². The van der Waals surface area contributed by atoms with E-state index < -0.39 is 5.97 Å². The highest BCUT2D eigenvalue weighted by Gasteiger charge is 2.15. The molecule has 0 saturated carbocycles. The van der Waals surface area contributed by atoms with Gasteiger partial charge in [0.2, 0.25) is 5.91 Å². The SMILES string of the molecule is CCOC(=O)c1cccnc1NC(=O)Cc1cccs1. The highest BCUT2D eigenvalue weighted by atomic mass is 32.1. The summed E-state index contributed by atoms with van der Waals surface area (Å²) in [5, 5.41) is 4.55. The predicted octanol–water partition coefficient (Wildman–Crippen LogP) is 2.50. The van der Waals surface area contributed by atoms with Crippen molar-refractivity contribution in [3.63, 3.8) is 0 Å². The first-order chi connectivity index (χ1) is 9.70. The first-order valence-electron chi connectivity index (χ1n) is 6.15. The summed E-state index contributed by atoms with van der Waals surface area (Å²) in [4.78, 5) is 28.6. The molecule has 20 heavy (non-hydrogen) atoms. The van der Waals surface area contributed by atoms with Crippen LogP contribution in [0.3, 0.4) is 0 Å². The molecule has 0 spiro atoms. The molecule has 5 nitrogen and oxygen atoms in total. The Hall–Kier alpha value is -2.21. The van der Waals surface area contributed by atoms with Crippen LogP contribution in [0.4, 0.5) is 5.82 Å². The van der Waals surface area contributed by atoms with Crippen LogP contribution in [0.25, 0.3) is 0 Å². The molecule has 0 aliphatic heterocycles. The largest absolute Gasteiger partial charge is 0.462 e. The fourth-order valence-corrected chi connectivity index (χ4v) is 2.33. The van der Waals surface area contributed by atoms with Crippen LogP contribution in [0.2, 0.25) is 0 Å². The summed E-state index contributed by atoms with van der Waals surface area (Å²) in [5.74, 6) is -0.476. The monoisotopic (exact) mass is 290 g/mol. The standard InChI is InChI=1S/C14H14N2O3S/c1-2-19-14(18)11-6-3-7-15-13(11)16-12(17)9-10-5-4-8-20-10/h3-8H,2,9H2,1H3,(H,15,16,17). The summed E-state index contributed by atoms with van der Waals surface area (Å²) in [6, 6.07) is 6.97. The quantitative estimate of drug-likeness (QED) is 0.859. The van der Waals surface area contributed by atoms with Gasteiger partial charge in [0.05, 0.1) is 13.0 Å². The summed E-state index contributed by atoms with van der Waals surface area (Å²) in [7, 11) is 0. The normalized spacial score (nSPS) is 10.1. The van der Waals surface area contributed by atoms with Gasteiger partial charge in [-0.15, -0.1) is 11.3 Å². The number of ether oxygens (including phenoxy) is 1. The zero-order valence-corrected chi connectivity index (χ0v) is 11.8. The smallest absolute Gasteiger partial charge is 0.341 e. The van der Waals surface area contributed by atoms with Gasteiger partial charge in [0.15, 0.2) is 0 Å². The van der Waals surface area contributed by atoms with Gasteiger partial charge in [0.25, 0.3) is 0 Å². The summed E-state index contributed by atoms with van der Waals surface area (Å²) in [6.07, 6.45) is 1.78. The maximum Gasteiger partial charge on any atom is 0.341 e. The van der Waals surface area contributed by atoms with Crippen LogP contribution in [0.15, 0.2) is 35.8 Å². The third kappa shape index (κ3) is 3.64. The number of anilines is 1. The average molecular weight is 290 g/mol. The Morgan fingerprint density at radius 1 is 1.35 bits per heavy atom. The number of amides is 1. The van der Waals surface area contributed by atoms with Crippen molar-refractivity contribution in [3.05, 3.63) is 46.3 Å². The van der Waals surface area contributed by atoms with E-state index in [2.05, 4.69) is 10.3 Å². The van der Waals surface area contributed by atoms with E-state index in [0.29, 0.717) is 0 Å². The maximum absolute atomic E-state index is 11.9. The molecule has 0 saturated heterocycles. The van der Waals surface area contributed by atoms with Crippen molar-refractivity contribution in [1.29, 1.82) is 0 Å². The summed E-state index contributed by atoms with van der Waals surface area (Å²) < 4.78 is 4.93. The van der Waals surface area contributed by atoms with E-state index in [1.54, 1.807) is 19.1 Å². The molecule has 0 atom stereocenters. The Balaban J connectivity index is 2.09. The van der Waals surface area contributed by atoms with Gasteiger partial charge in [-0.2, -0.15) is 0 Å². The molecule has 0 unspecified atom stereocenters. The minimum atomic E-state index is -0.493. The van der Waals surface area contributed by atoms with Gasteiger partial charge >= 0.3 is 5.97 Å². The summed E-state index contributed by atoms with van der Waals surface area (Å²) in [5.41, 5.74) is 0.258. The number of nitrogens with zero attached hydrogens (tertiary/aromatic N) is 1. The maximum atomic E-state index is 11.9. The second kappa shape index (κ2) is 6.81. The molecular formula is C14H14N2O3S. The van der Waals surface area contributed by atoms with Crippen LogP contribution in [0.5, 0.6) is 0 Å². The number of esters is 1. The molecule has 2 rings (SSSR count). The lowest BCUT2D eigenvalue weighted by Crippen LogP contribution is -2.18. The highest BCUT2D eigenvalue weighted by Crippen LogP contribution is 2.15. The van der Waals surface area contributed by atoms with Crippen molar-refractivity contribution in [3.8, 4) is 0 Å². The number of rotatable bonds is 5. The third-order valence-electron chi connectivity index (χ3n) is 2.48. The van der Waals surface area contributed by atoms with Gasteiger partial charge in [0, 0.05) is 11.1 Å². The molecule has 104 valence electrons. The lowest BCUT2D eigenvalue weighted by molar-refractivity contribution is -0.115. The Labute approximate surface area is 120 Å². The third-order valence-corrected chi connectivity index (χ3v) is 3.35. The molecule has 0 radical (unpaired) electrons. The van der Waals surface area contributed by atoms with Crippen LogP contribution >= 0.6 is 11.3 Å². The topological polar surface area (TPSA) is 68.3 Å². The van der Waals surface area contributed by atoms with Gasteiger partial charge < -0.3 is 10.1 Å². The highest BCUT2D eigenvalue weighted by molar-refractivity contribution is 7.10. The van der Waals surface area contributed by atoms with Crippen molar-refractivity contribution >= 4 is 29.0 Å². The van der Waals surface area contributed by atoms with E-state index in [4.69, 9.17) is 4.74 Å². The van der Waals surface area contributed by atoms with Gasteiger partial charge in [-0.1, -0.05) is 6.07 Å². The zero-order valence-electron chi connectivity index (χ0n) is 11.0. The Kier molecular flexibility index (Phi) is 4.84. The molecule has 6 heteroatoms. The summed E-state index contributed by atoms with van der Waals surface area (Å²) in [6.45, 7) is 2.00. The number of hydrogen-bond acceptors (Lipinski definition) is 5. The van der Waals surface area contributed by atoms with Crippen molar-refractivity contribution in [2.75, 3.05) is 11.9 Å². The predicted molar refractivity (Wildman–Crippen MR) is 76.8 cm³/mol. The number of aromatic nitrogens is 1. The lowest BCUT2D eigenvalue weighted by atomic mass is 10.2. The first-order valence-corrected chi connectivity index (χ1v) is 7.03. The minimum Gasteiger partial charge on any atom is -0.462 e. The fourth-order valence-electron chi connectivity index (χ4n) is 1.63. The minimum absolute atomic E-state index is 0.211. The fraction of sp³-hybridized carbons (Fsp3) is 0.214. The van der Waals surface area contributed by atoms with Crippen molar-refractivity contribution < 1.29 is 14.3 Å². The number of thiophene rings is 1. The number of carbonyl (C=O) groups is 2. The molecular weight excluding hydrogens is 276 g/mol.